The lowest BCUT2D eigenvalue weighted by Crippen LogP contribution is -2.26. The van der Waals surface area contributed by atoms with Crippen LogP contribution >= 0.6 is 0 Å². The molecule has 0 saturated heterocycles. The van der Waals surface area contributed by atoms with Crippen LogP contribution in [0.2, 0.25) is 0 Å². The smallest absolute Gasteiger partial charge is 0.311 e. The largest absolute Gasteiger partial charge is 0.481 e. The Hall–Kier alpha value is -2.56. The molecule has 5 nitrogen and oxygen atoms in total. The molecule has 0 aliphatic carbocycles. The van der Waals surface area contributed by atoms with E-state index in [0.29, 0.717) is 24.2 Å². The monoisotopic (exact) mass is 285 g/mol. The Morgan fingerprint density at radius 1 is 1.24 bits per heavy atom. The second-order valence-electron chi connectivity index (χ2n) is 5.22. The van der Waals surface area contributed by atoms with Crippen LogP contribution in [0.25, 0.3) is 0 Å². The summed E-state index contributed by atoms with van der Waals surface area (Å²) >= 11 is 0. The van der Waals surface area contributed by atoms with Crippen molar-refractivity contribution in [3.63, 3.8) is 0 Å². The molecule has 1 aromatic heterocycles. The molecule has 1 aliphatic heterocycles. The Morgan fingerprint density at radius 2 is 1.86 bits per heavy atom. The van der Waals surface area contributed by atoms with Crippen molar-refractivity contribution in [3.8, 4) is 0 Å². The number of furan rings is 1. The number of nitrogens with zero attached hydrogens (tertiary/aromatic N) is 1. The van der Waals surface area contributed by atoms with Crippen LogP contribution < -0.4 is 0 Å². The lowest BCUT2D eigenvalue weighted by molar-refractivity contribution is -0.136. The van der Waals surface area contributed by atoms with Gasteiger partial charge in [-0.15, -0.1) is 0 Å². The molecule has 0 radical (unpaired) electrons. The van der Waals surface area contributed by atoms with Crippen molar-refractivity contribution in [2.45, 2.75) is 26.4 Å². The van der Waals surface area contributed by atoms with Gasteiger partial charge in [0.15, 0.2) is 0 Å². The molecule has 1 aromatic carbocycles. The van der Waals surface area contributed by atoms with E-state index in [9.17, 15) is 9.59 Å². The molecular formula is C16H15NO4. The minimum absolute atomic E-state index is 0.172. The molecule has 0 saturated carbocycles. The van der Waals surface area contributed by atoms with Gasteiger partial charge in [0, 0.05) is 18.7 Å². The van der Waals surface area contributed by atoms with E-state index in [1.165, 1.54) is 6.26 Å². The molecule has 21 heavy (non-hydrogen) atoms. The molecule has 1 aliphatic rings. The van der Waals surface area contributed by atoms with E-state index in [4.69, 9.17) is 9.52 Å². The van der Waals surface area contributed by atoms with Crippen molar-refractivity contribution < 1.29 is 19.1 Å². The normalized spacial score (nSPS) is 13.3. The van der Waals surface area contributed by atoms with Crippen LogP contribution in [0.5, 0.6) is 0 Å². The van der Waals surface area contributed by atoms with Crippen molar-refractivity contribution >= 4 is 11.9 Å². The van der Waals surface area contributed by atoms with Gasteiger partial charge in [0.1, 0.15) is 12.2 Å². The third kappa shape index (κ3) is 2.42. The minimum Gasteiger partial charge on any atom is -0.481 e. The summed E-state index contributed by atoms with van der Waals surface area (Å²) in [7, 11) is 0. The SMILES string of the molecule is Cc1coc(CC(=O)O)c1C(=O)N1Cc2ccccc2C1. The molecular weight excluding hydrogens is 270 g/mol. The first-order valence-corrected chi connectivity index (χ1v) is 6.71. The Morgan fingerprint density at radius 3 is 2.43 bits per heavy atom. The van der Waals surface area contributed by atoms with Crippen LogP contribution in [-0.2, 0) is 24.3 Å². The van der Waals surface area contributed by atoms with Gasteiger partial charge in [0.05, 0.1) is 11.8 Å². The van der Waals surface area contributed by atoms with Gasteiger partial charge < -0.3 is 14.4 Å². The fourth-order valence-corrected chi connectivity index (χ4v) is 2.69. The Labute approximate surface area is 121 Å². The molecule has 2 aromatic rings. The summed E-state index contributed by atoms with van der Waals surface area (Å²) in [5, 5.41) is 8.90. The fourth-order valence-electron chi connectivity index (χ4n) is 2.69. The van der Waals surface area contributed by atoms with Gasteiger partial charge in [0.25, 0.3) is 5.91 Å². The number of fused-ring (bicyclic) bond motifs is 1. The summed E-state index contributed by atoms with van der Waals surface area (Å²) < 4.78 is 5.24. The highest BCUT2D eigenvalue weighted by atomic mass is 16.4. The average Bonchev–Trinajstić information content (AvgIpc) is 3.01. The number of carboxylic acid groups (broad SMARTS) is 1. The molecule has 0 atom stereocenters. The average molecular weight is 285 g/mol. The number of carbonyl (C=O) groups is 2. The molecule has 0 spiro atoms. The number of rotatable bonds is 3. The number of hydrogen-bond acceptors (Lipinski definition) is 3. The van der Waals surface area contributed by atoms with E-state index in [1.807, 2.05) is 24.3 Å². The topological polar surface area (TPSA) is 70.7 Å². The second kappa shape index (κ2) is 5.09. The Kier molecular flexibility index (Phi) is 3.25. The van der Waals surface area contributed by atoms with Gasteiger partial charge >= 0.3 is 5.97 Å². The van der Waals surface area contributed by atoms with Crippen LogP contribution in [0.15, 0.2) is 34.9 Å². The van der Waals surface area contributed by atoms with Crippen molar-refractivity contribution in [1.29, 1.82) is 0 Å². The van der Waals surface area contributed by atoms with Gasteiger partial charge in [-0.05, 0) is 18.1 Å². The number of hydrogen-bond donors (Lipinski definition) is 1. The van der Waals surface area contributed by atoms with Crippen LogP contribution in [-0.4, -0.2) is 21.9 Å². The zero-order valence-corrected chi connectivity index (χ0v) is 11.6. The number of carboxylic acids is 1. The summed E-state index contributed by atoms with van der Waals surface area (Å²) in [5.41, 5.74) is 3.32. The van der Waals surface area contributed by atoms with E-state index in [-0.39, 0.29) is 18.1 Å². The predicted octanol–water partition coefficient (Wildman–Crippen LogP) is 2.37. The fraction of sp³-hybridized carbons (Fsp3) is 0.250. The molecule has 0 unspecified atom stereocenters. The van der Waals surface area contributed by atoms with E-state index in [2.05, 4.69) is 0 Å². The third-order valence-corrected chi connectivity index (χ3v) is 3.70. The number of aliphatic carboxylic acids is 1. The lowest BCUT2D eigenvalue weighted by atomic mass is 10.1. The van der Waals surface area contributed by atoms with Crippen LogP contribution in [0.4, 0.5) is 0 Å². The molecule has 0 bridgehead atoms. The van der Waals surface area contributed by atoms with Crippen LogP contribution in [0, 0.1) is 6.92 Å². The molecule has 1 amide bonds. The lowest BCUT2D eigenvalue weighted by Gasteiger charge is -2.15. The zero-order chi connectivity index (χ0) is 15.0. The maximum atomic E-state index is 12.7. The van der Waals surface area contributed by atoms with Gasteiger partial charge in [-0.3, -0.25) is 9.59 Å². The molecule has 3 rings (SSSR count). The van der Waals surface area contributed by atoms with E-state index in [0.717, 1.165) is 11.1 Å². The first-order chi connectivity index (χ1) is 10.1. The van der Waals surface area contributed by atoms with E-state index in [1.54, 1.807) is 11.8 Å². The van der Waals surface area contributed by atoms with Crippen molar-refractivity contribution in [1.82, 2.24) is 4.90 Å². The van der Waals surface area contributed by atoms with Crippen molar-refractivity contribution in [2.75, 3.05) is 0 Å². The highest BCUT2D eigenvalue weighted by Crippen LogP contribution is 2.27. The Bertz CT molecular complexity index is 692. The predicted molar refractivity (Wildman–Crippen MR) is 74.8 cm³/mol. The van der Waals surface area contributed by atoms with Gasteiger partial charge in [-0.1, -0.05) is 24.3 Å². The summed E-state index contributed by atoms with van der Waals surface area (Å²) in [4.78, 5) is 25.3. The van der Waals surface area contributed by atoms with Gasteiger partial charge in [-0.2, -0.15) is 0 Å². The van der Waals surface area contributed by atoms with Gasteiger partial charge in [-0.25, -0.2) is 0 Å². The molecule has 2 heterocycles. The molecule has 0 fully saturated rings. The second-order valence-corrected chi connectivity index (χ2v) is 5.22. The number of amides is 1. The quantitative estimate of drug-likeness (QED) is 0.939. The Balaban J connectivity index is 1.87. The third-order valence-electron chi connectivity index (χ3n) is 3.70. The number of benzene rings is 1. The van der Waals surface area contributed by atoms with Crippen LogP contribution in [0.3, 0.4) is 0 Å². The first-order valence-electron chi connectivity index (χ1n) is 6.71. The summed E-state index contributed by atoms with van der Waals surface area (Å²) in [6, 6.07) is 7.91. The summed E-state index contributed by atoms with van der Waals surface area (Å²) in [6.07, 6.45) is 1.16. The summed E-state index contributed by atoms with van der Waals surface area (Å²) in [6.45, 7) is 2.85. The first kappa shape index (κ1) is 13.4. The van der Waals surface area contributed by atoms with Crippen molar-refractivity contribution in [2.24, 2.45) is 0 Å². The van der Waals surface area contributed by atoms with Crippen molar-refractivity contribution in [3.05, 3.63) is 58.5 Å². The van der Waals surface area contributed by atoms with Crippen LogP contribution in [0.1, 0.15) is 32.8 Å². The van der Waals surface area contributed by atoms with Gasteiger partial charge in [0.2, 0.25) is 0 Å². The summed E-state index contributed by atoms with van der Waals surface area (Å²) in [5.74, 6) is -0.960. The van der Waals surface area contributed by atoms with E-state index < -0.39 is 5.97 Å². The zero-order valence-electron chi connectivity index (χ0n) is 11.6. The maximum Gasteiger partial charge on any atom is 0.311 e. The highest BCUT2D eigenvalue weighted by Gasteiger charge is 2.28. The number of aryl methyl sites for hydroxylation is 1. The molecule has 5 heteroatoms. The molecule has 108 valence electrons. The maximum absolute atomic E-state index is 12.7. The standard InChI is InChI=1S/C16H15NO4/c1-10-9-21-13(6-14(18)19)15(10)16(20)17-7-11-4-2-3-5-12(11)8-17/h2-5,9H,6-8H2,1H3,(H,18,19). The number of carbonyl (C=O) groups excluding carboxylic acids is 1. The van der Waals surface area contributed by atoms with E-state index >= 15 is 0 Å². The minimum atomic E-state index is -1.01. The molecule has 1 N–H and O–H groups in total. The highest BCUT2D eigenvalue weighted by molar-refractivity contribution is 5.97.